The molecule has 0 fully saturated rings. The third-order valence-electron chi connectivity index (χ3n) is 4.73. The van der Waals surface area contributed by atoms with E-state index < -0.39 is 46.2 Å². The van der Waals surface area contributed by atoms with Crippen LogP contribution in [0, 0.1) is 13.8 Å². The Labute approximate surface area is 161 Å². The summed E-state index contributed by atoms with van der Waals surface area (Å²) in [6.45, 7) is 6.58. The van der Waals surface area contributed by atoms with Gasteiger partial charge in [0.2, 0.25) is 5.91 Å². The van der Waals surface area contributed by atoms with Gasteiger partial charge in [-0.25, -0.2) is 9.36 Å². The summed E-state index contributed by atoms with van der Waals surface area (Å²) in [5, 5.41) is 3.46. The Morgan fingerprint density at radius 2 is 1.86 bits per heavy atom. The number of halogens is 3. The van der Waals surface area contributed by atoms with Crippen LogP contribution in [0.25, 0.3) is 5.69 Å². The number of hydrogen-bond acceptors (Lipinski definition) is 4. The molecule has 8 nitrogen and oxygen atoms in total. The summed E-state index contributed by atoms with van der Waals surface area (Å²) in [5.41, 5.74) is -5.62. The Hall–Kier alpha value is -3.63. The molecule has 1 aliphatic heterocycles. The number of nitrogens with zero attached hydrogens (tertiary/aromatic N) is 1. The number of rotatable bonds is 3. The van der Waals surface area contributed by atoms with Crippen molar-refractivity contribution in [1.82, 2.24) is 14.9 Å². The van der Waals surface area contributed by atoms with Crippen molar-refractivity contribution in [2.75, 3.05) is 5.32 Å². The summed E-state index contributed by atoms with van der Waals surface area (Å²) in [7, 11) is 0. The summed E-state index contributed by atoms with van der Waals surface area (Å²) in [6, 6.07) is 4.59. The Balaban J connectivity index is 2.42. The standard InChI is InChI=1S/C18H15F3N4O4/c1-4-11(26)24-17(18(19,20)21)12-13(22-15(17)28)25(16(29)23-14(12)27)10-6-5-8(2)9(3)7-10/h4-7H,1H2,2-3H3,(H,22,28)(H,24,26)(H,23,27,29). The number of anilines is 1. The largest absolute Gasteiger partial charge is 0.425 e. The third-order valence-corrected chi connectivity index (χ3v) is 4.73. The molecule has 3 N–H and O–H groups in total. The van der Waals surface area contributed by atoms with Crippen molar-refractivity contribution >= 4 is 17.6 Å². The van der Waals surface area contributed by atoms with Gasteiger partial charge in [0, 0.05) is 0 Å². The number of carbonyl (C=O) groups excluding carboxylic acids is 2. The summed E-state index contributed by atoms with van der Waals surface area (Å²) >= 11 is 0. The molecular weight excluding hydrogens is 393 g/mol. The molecule has 11 heteroatoms. The van der Waals surface area contributed by atoms with E-state index in [-0.39, 0.29) is 5.69 Å². The molecule has 2 amide bonds. The second-order valence-corrected chi connectivity index (χ2v) is 6.48. The predicted molar refractivity (Wildman–Crippen MR) is 96.8 cm³/mol. The molecule has 1 aromatic carbocycles. The highest BCUT2D eigenvalue weighted by atomic mass is 19.4. The molecule has 0 saturated carbocycles. The number of aromatic nitrogens is 2. The summed E-state index contributed by atoms with van der Waals surface area (Å²) in [4.78, 5) is 50.8. The van der Waals surface area contributed by atoms with Gasteiger partial charge in [0.25, 0.3) is 17.0 Å². The van der Waals surface area contributed by atoms with Crippen LogP contribution < -0.4 is 21.9 Å². The van der Waals surface area contributed by atoms with E-state index in [9.17, 15) is 32.3 Å². The Morgan fingerprint density at radius 1 is 1.21 bits per heavy atom. The SMILES string of the molecule is C=CC(=O)NC1(C(F)(F)F)C(=O)Nc2c1c(=O)[nH]c(=O)n2-c1ccc(C)c(C)c1. The smallest absolute Gasteiger partial charge is 0.327 e. The van der Waals surface area contributed by atoms with Gasteiger partial charge in [0.1, 0.15) is 11.4 Å². The number of amides is 2. The lowest BCUT2D eigenvalue weighted by atomic mass is 9.92. The highest BCUT2D eigenvalue weighted by Gasteiger charge is 2.68. The fraction of sp³-hybridized carbons (Fsp3) is 0.222. The minimum absolute atomic E-state index is 0.124. The molecule has 0 radical (unpaired) electrons. The van der Waals surface area contributed by atoms with Crippen molar-refractivity contribution in [3.63, 3.8) is 0 Å². The van der Waals surface area contributed by atoms with Crippen LogP contribution in [0.1, 0.15) is 16.7 Å². The van der Waals surface area contributed by atoms with Crippen molar-refractivity contribution in [3.8, 4) is 5.69 Å². The van der Waals surface area contributed by atoms with Crippen molar-refractivity contribution < 1.29 is 22.8 Å². The van der Waals surface area contributed by atoms with Gasteiger partial charge in [-0.15, -0.1) is 0 Å². The zero-order valence-electron chi connectivity index (χ0n) is 15.2. The first-order valence-electron chi connectivity index (χ1n) is 8.24. The minimum atomic E-state index is -5.39. The van der Waals surface area contributed by atoms with E-state index in [0.29, 0.717) is 6.08 Å². The number of alkyl halides is 3. The first-order valence-corrected chi connectivity index (χ1v) is 8.24. The lowest BCUT2D eigenvalue weighted by molar-refractivity contribution is -0.200. The summed E-state index contributed by atoms with van der Waals surface area (Å²) in [6.07, 6.45) is -4.86. The number of carbonyl (C=O) groups is 2. The average Bonchev–Trinajstić information content (AvgIpc) is 2.91. The monoisotopic (exact) mass is 408 g/mol. The molecule has 1 aliphatic rings. The number of H-pyrrole nitrogens is 1. The van der Waals surface area contributed by atoms with Crippen LogP contribution in [-0.4, -0.2) is 27.5 Å². The van der Waals surface area contributed by atoms with Crippen molar-refractivity contribution in [3.05, 3.63) is 68.4 Å². The topological polar surface area (TPSA) is 113 Å². The highest BCUT2D eigenvalue weighted by molar-refractivity contribution is 6.08. The first-order chi connectivity index (χ1) is 13.4. The molecule has 152 valence electrons. The highest BCUT2D eigenvalue weighted by Crippen LogP contribution is 2.45. The van der Waals surface area contributed by atoms with E-state index in [4.69, 9.17) is 0 Å². The zero-order chi connectivity index (χ0) is 21.7. The van der Waals surface area contributed by atoms with Crippen molar-refractivity contribution in [1.29, 1.82) is 0 Å². The average molecular weight is 408 g/mol. The van der Waals surface area contributed by atoms with Gasteiger partial charge >= 0.3 is 11.9 Å². The van der Waals surface area contributed by atoms with Gasteiger partial charge in [-0.3, -0.25) is 19.4 Å². The molecule has 0 spiro atoms. The lowest BCUT2D eigenvalue weighted by Gasteiger charge is -2.29. The van der Waals surface area contributed by atoms with E-state index >= 15 is 0 Å². The molecule has 3 rings (SSSR count). The van der Waals surface area contributed by atoms with Crippen LogP contribution in [0.4, 0.5) is 19.0 Å². The number of hydrogen-bond donors (Lipinski definition) is 3. The molecule has 1 unspecified atom stereocenters. The van der Waals surface area contributed by atoms with Crippen LogP contribution in [0.15, 0.2) is 40.4 Å². The molecule has 1 atom stereocenters. The molecule has 29 heavy (non-hydrogen) atoms. The normalized spacial score (nSPS) is 18.2. The Bertz CT molecular complexity index is 1180. The molecule has 0 bridgehead atoms. The van der Waals surface area contributed by atoms with Crippen LogP contribution >= 0.6 is 0 Å². The molecule has 2 heterocycles. The van der Waals surface area contributed by atoms with E-state index in [2.05, 4.69) is 6.58 Å². The number of aromatic amines is 1. The molecule has 0 saturated heterocycles. The maximum atomic E-state index is 14.0. The van der Waals surface area contributed by atoms with Crippen LogP contribution in [0.5, 0.6) is 0 Å². The van der Waals surface area contributed by atoms with Gasteiger partial charge in [-0.05, 0) is 43.2 Å². The van der Waals surface area contributed by atoms with Gasteiger partial charge in [-0.1, -0.05) is 12.6 Å². The van der Waals surface area contributed by atoms with Gasteiger partial charge in [0.15, 0.2) is 0 Å². The first kappa shape index (κ1) is 20.1. The van der Waals surface area contributed by atoms with E-state index in [1.165, 1.54) is 17.4 Å². The fourth-order valence-electron chi connectivity index (χ4n) is 3.13. The zero-order valence-corrected chi connectivity index (χ0v) is 15.2. The second kappa shape index (κ2) is 6.47. The number of fused-ring (bicyclic) bond motifs is 1. The number of aryl methyl sites for hydroxylation is 2. The van der Waals surface area contributed by atoms with Crippen molar-refractivity contribution in [2.24, 2.45) is 0 Å². The quantitative estimate of drug-likeness (QED) is 0.662. The van der Waals surface area contributed by atoms with Crippen LogP contribution in [-0.2, 0) is 15.1 Å². The summed E-state index contributed by atoms with van der Waals surface area (Å²) in [5.74, 6) is -3.72. The minimum Gasteiger partial charge on any atom is -0.327 e. The Morgan fingerprint density at radius 3 is 2.41 bits per heavy atom. The fourth-order valence-corrected chi connectivity index (χ4v) is 3.13. The van der Waals surface area contributed by atoms with E-state index in [1.807, 2.05) is 5.32 Å². The summed E-state index contributed by atoms with van der Waals surface area (Å²) < 4.78 is 42.8. The second-order valence-electron chi connectivity index (χ2n) is 6.48. The van der Waals surface area contributed by atoms with Crippen molar-refractivity contribution in [2.45, 2.75) is 25.6 Å². The van der Waals surface area contributed by atoms with Crippen LogP contribution in [0.2, 0.25) is 0 Å². The van der Waals surface area contributed by atoms with Gasteiger partial charge in [-0.2, -0.15) is 13.2 Å². The predicted octanol–water partition coefficient (Wildman–Crippen LogP) is 1.15. The van der Waals surface area contributed by atoms with Gasteiger partial charge < -0.3 is 10.6 Å². The Kier molecular flexibility index (Phi) is 4.48. The maximum Gasteiger partial charge on any atom is 0.425 e. The lowest BCUT2D eigenvalue weighted by Crippen LogP contribution is -2.61. The molecule has 1 aromatic heterocycles. The number of benzene rings is 1. The van der Waals surface area contributed by atoms with E-state index in [1.54, 1.807) is 24.9 Å². The van der Waals surface area contributed by atoms with Gasteiger partial charge in [0.05, 0.1) is 5.69 Å². The van der Waals surface area contributed by atoms with E-state index in [0.717, 1.165) is 15.7 Å². The number of nitrogens with one attached hydrogen (secondary N) is 3. The van der Waals surface area contributed by atoms with Crippen LogP contribution in [0.3, 0.4) is 0 Å². The maximum absolute atomic E-state index is 14.0. The molecular formula is C18H15F3N4O4. The molecule has 2 aromatic rings. The molecule has 0 aliphatic carbocycles. The third kappa shape index (κ3) is 2.85.